The maximum absolute atomic E-state index is 6.24. The van der Waals surface area contributed by atoms with E-state index in [1.165, 1.54) is 28.8 Å². The monoisotopic (exact) mass is 316 g/mol. The van der Waals surface area contributed by atoms with Gasteiger partial charge in [0.25, 0.3) is 0 Å². The summed E-state index contributed by atoms with van der Waals surface area (Å²) in [5.74, 6) is 0.906. The molecule has 108 valence electrons. The average molecular weight is 316 g/mol. The van der Waals surface area contributed by atoms with Crippen LogP contribution >= 0.6 is 22.7 Å². The minimum absolute atomic E-state index is 0.683. The predicted molar refractivity (Wildman–Crippen MR) is 90.5 cm³/mol. The Morgan fingerprint density at radius 3 is 3.05 bits per heavy atom. The van der Waals surface area contributed by atoms with Gasteiger partial charge < -0.3 is 10.5 Å². The van der Waals surface area contributed by atoms with Crippen LogP contribution in [0.25, 0.3) is 20.8 Å². The van der Waals surface area contributed by atoms with Crippen LogP contribution in [0.4, 0.5) is 5.00 Å². The first-order valence-electron chi connectivity index (χ1n) is 7.20. The van der Waals surface area contributed by atoms with Crippen molar-refractivity contribution in [3.05, 3.63) is 28.6 Å². The third-order valence-corrected chi connectivity index (χ3v) is 5.99. The van der Waals surface area contributed by atoms with Crippen molar-refractivity contribution in [3.63, 3.8) is 0 Å². The lowest BCUT2D eigenvalue weighted by molar-refractivity contribution is 0.341. The van der Waals surface area contributed by atoms with E-state index in [1.807, 2.05) is 19.1 Å². The van der Waals surface area contributed by atoms with Crippen LogP contribution in [0, 0.1) is 0 Å². The first-order valence-corrected chi connectivity index (χ1v) is 8.83. The molecule has 5 heteroatoms. The Labute approximate surface area is 131 Å². The van der Waals surface area contributed by atoms with Gasteiger partial charge in [0, 0.05) is 10.4 Å². The van der Waals surface area contributed by atoms with Gasteiger partial charge in [0.1, 0.15) is 10.8 Å². The number of hydrogen-bond donors (Lipinski definition) is 1. The lowest BCUT2D eigenvalue weighted by Crippen LogP contribution is -1.90. The zero-order valence-corrected chi connectivity index (χ0v) is 13.4. The van der Waals surface area contributed by atoms with Crippen LogP contribution in [-0.2, 0) is 12.8 Å². The molecular weight excluding hydrogens is 300 g/mol. The second kappa shape index (κ2) is 5.00. The van der Waals surface area contributed by atoms with Crippen molar-refractivity contribution < 1.29 is 4.74 Å². The molecular formula is C16H16N2OS2. The number of fused-ring (bicyclic) bond motifs is 2. The highest BCUT2D eigenvalue weighted by atomic mass is 32.1. The molecule has 1 aliphatic carbocycles. The normalized spacial score (nSPS) is 13.8. The molecule has 0 atom stereocenters. The highest BCUT2D eigenvalue weighted by Gasteiger charge is 2.23. The van der Waals surface area contributed by atoms with E-state index in [0.717, 1.165) is 32.4 Å². The molecule has 0 aliphatic heterocycles. The molecule has 2 aromatic heterocycles. The molecule has 0 saturated heterocycles. The minimum Gasteiger partial charge on any atom is -0.494 e. The molecule has 0 spiro atoms. The van der Waals surface area contributed by atoms with E-state index < -0.39 is 0 Å². The third kappa shape index (κ3) is 2.12. The standard InChI is InChI=1S/C16H16N2OS2/c1-2-19-9-6-7-11-13(8-9)21-16(18-11)14-10-4-3-5-12(10)20-15(14)17/h6-8H,2-5,17H2,1H3. The summed E-state index contributed by atoms with van der Waals surface area (Å²) < 4.78 is 6.73. The number of ether oxygens (including phenoxy) is 1. The fourth-order valence-corrected chi connectivity index (χ4v) is 5.23. The summed E-state index contributed by atoms with van der Waals surface area (Å²) in [5.41, 5.74) is 9.89. The Bertz CT molecular complexity index is 819. The molecule has 1 aromatic carbocycles. The van der Waals surface area contributed by atoms with Gasteiger partial charge in [0.2, 0.25) is 0 Å². The quantitative estimate of drug-likeness (QED) is 0.774. The van der Waals surface area contributed by atoms with E-state index in [-0.39, 0.29) is 0 Å². The van der Waals surface area contributed by atoms with Crippen molar-refractivity contribution in [1.82, 2.24) is 4.98 Å². The Hall–Kier alpha value is -1.59. The maximum atomic E-state index is 6.24. The molecule has 3 aromatic rings. The molecule has 1 aliphatic rings. The fraction of sp³-hybridized carbons (Fsp3) is 0.312. The lowest BCUT2D eigenvalue weighted by atomic mass is 10.1. The molecule has 4 rings (SSSR count). The number of nitrogen functional groups attached to an aromatic ring is 1. The fourth-order valence-electron chi connectivity index (χ4n) is 2.93. The summed E-state index contributed by atoms with van der Waals surface area (Å²) in [4.78, 5) is 6.24. The number of aryl methyl sites for hydroxylation is 1. The summed E-state index contributed by atoms with van der Waals surface area (Å²) in [7, 11) is 0. The van der Waals surface area contributed by atoms with Crippen LogP contribution in [0.1, 0.15) is 23.8 Å². The topological polar surface area (TPSA) is 48.1 Å². The predicted octanol–water partition coefficient (Wildman–Crippen LogP) is 4.49. The Kier molecular flexibility index (Phi) is 3.12. The molecule has 0 amide bonds. The van der Waals surface area contributed by atoms with E-state index in [9.17, 15) is 0 Å². The highest BCUT2D eigenvalue weighted by Crippen LogP contribution is 2.45. The van der Waals surface area contributed by atoms with Crippen LogP contribution < -0.4 is 10.5 Å². The Morgan fingerprint density at radius 2 is 2.19 bits per heavy atom. The van der Waals surface area contributed by atoms with Crippen LogP contribution in [0.15, 0.2) is 18.2 Å². The second-order valence-corrected chi connectivity index (χ2v) is 7.35. The molecule has 0 fully saturated rings. The molecule has 0 unspecified atom stereocenters. The van der Waals surface area contributed by atoms with Crippen molar-refractivity contribution in [2.45, 2.75) is 26.2 Å². The van der Waals surface area contributed by atoms with E-state index >= 15 is 0 Å². The van der Waals surface area contributed by atoms with Gasteiger partial charge in [0.15, 0.2) is 0 Å². The zero-order chi connectivity index (χ0) is 14.4. The van der Waals surface area contributed by atoms with Crippen molar-refractivity contribution in [3.8, 4) is 16.3 Å². The number of thiophene rings is 1. The number of benzene rings is 1. The van der Waals surface area contributed by atoms with Crippen LogP contribution in [-0.4, -0.2) is 11.6 Å². The number of nitrogens with zero attached hydrogens (tertiary/aromatic N) is 1. The largest absolute Gasteiger partial charge is 0.494 e. The van der Waals surface area contributed by atoms with Crippen LogP contribution in [0.3, 0.4) is 0 Å². The number of anilines is 1. The van der Waals surface area contributed by atoms with Crippen molar-refractivity contribution in [1.29, 1.82) is 0 Å². The zero-order valence-electron chi connectivity index (χ0n) is 11.8. The first-order chi connectivity index (χ1) is 10.3. The number of nitrogens with two attached hydrogens (primary N) is 1. The van der Waals surface area contributed by atoms with Crippen molar-refractivity contribution in [2.75, 3.05) is 12.3 Å². The molecule has 3 nitrogen and oxygen atoms in total. The van der Waals surface area contributed by atoms with E-state index in [0.29, 0.717) is 6.61 Å². The number of hydrogen-bond acceptors (Lipinski definition) is 5. The summed E-state index contributed by atoms with van der Waals surface area (Å²) in [5, 5.41) is 1.97. The molecule has 0 bridgehead atoms. The minimum atomic E-state index is 0.683. The van der Waals surface area contributed by atoms with E-state index in [1.54, 1.807) is 22.7 Å². The molecule has 21 heavy (non-hydrogen) atoms. The van der Waals surface area contributed by atoms with Gasteiger partial charge in [-0.2, -0.15) is 0 Å². The number of thiazole rings is 1. The smallest absolute Gasteiger partial charge is 0.127 e. The Balaban J connectivity index is 1.84. The Morgan fingerprint density at radius 1 is 1.29 bits per heavy atom. The van der Waals surface area contributed by atoms with Crippen molar-refractivity contribution in [2.24, 2.45) is 0 Å². The van der Waals surface area contributed by atoms with Gasteiger partial charge in [-0.05, 0) is 49.9 Å². The molecule has 2 N–H and O–H groups in total. The SMILES string of the molecule is CCOc1ccc2nc(-c3c(N)sc4c3CCC4)sc2c1. The van der Waals surface area contributed by atoms with E-state index in [4.69, 9.17) is 15.5 Å². The molecule has 2 heterocycles. The third-order valence-electron chi connectivity index (χ3n) is 3.83. The van der Waals surface area contributed by atoms with Crippen LogP contribution in [0.2, 0.25) is 0 Å². The van der Waals surface area contributed by atoms with Gasteiger partial charge in [-0.3, -0.25) is 0 Å². The summed E-state index contributed by atoms with van der Waals surface area (Å²) in [6.45, 7) is 2.68. The summed E-state index contributed by atoms with van der Waals surface area (Å²) in [6.07, 6.45) is 3.55. The van der Waals surface area contributed by atoms with Gasteiger partial charge >= 0.3 is 0 Å². The number of rotatable bonds is 3. The van der Waals surface area contributed by atoms with Gasteiger partial charge in [0.05, 0.1) is 21.8 Å². The summed E-state index contributed by atoms with van der Waals surface area (Å²) in [6, 6.07) is 6.09. The second-order valence-electron chi connectivity index (χ2n) is 5.18. The maximum Gasteiger partial charge on any atom is 0.127 e. The average Bonchev–Trinajstić information content (AvgIpc) is 3.11. The number of aromatic nitrogens is 1. The van der Waals surface area contributed by atoms with Crippen LogP contribution in [0.5, 0.6) is 5.75 Å². The molecule has 0 radical (unpaired) electrons. The lowest BCUT2D eigenvalue weighted by Gasteiger charge is -2.00. The van der Waals surface area contributed by atoms with E-state index in [2.05, 4.69) is 6.07 Å². The summed E-state index contributed by atoms with van der Waals surface area (Å²) >= 11 is 3.45. The van der Waals surface area contributed by atoms with Gasteiger partial charge in [-0.15, -0.1) is 22.7 Å². The first kappa shape index (κ1) is 13.1. The molecule has 0 saturated carbocycles. The van der Waals surface area contributed by atoms with Gasteiger partial charge in [-0.1, -0.05) is 0 Å². The van der Waals surface area contributed by atoms with Gasteiger partial charge in [-0.25, -0.2) is 4.98 Å². The highest BCUT2D eigenvalue weighted by molar-refractivity contribution is 7.22. The van der Waals surface area contributed by atoms with Crippen molar-refractivity contribution >= 4 is 37.9 Å².